The van der Waals surface area contributed by atoms with E-state index < -0.39 is 0 Å². The molecule has 0 aliphatic heterocycles. The van der Waals surface area contributed by atoms with Crippen molar-refractivity contribution in [2.24, 2.45) is 0 Å². The molecule has 0 amide bonds. The number of nitrogen functional groups attached to an aromatic ring is 2. The van der Waals surface area contributed by atoms with Crippen molar-refractivity contribution in [1.82, 2.24) is 19.5 Å². The van der Waals surface area contributed by atoms with Crippen LogP contribution in [0.2, 0.25) is 0 Å². The van der Waals surface area contributed by atoms with Gasteiger partial charge in [-0.2, -0.15) is 9.97 Å². The van der Waals surface area contributed by atoms with Crippen LogP contribution >= 0.6 is 0 Å². The molecule has 4 N–H and O–H groups in total. The van der Waals surface area contributed by atoms with E-state index in [-0.39, 0.29) is 24.3 Å². The lowest BCUT2D eigenvalue weighted by atomic mass is 10.4. The van der Waals surface area contributed by atoms with Crippen molar-refractivity contribution in [3.8, 4) is 0 Å². The zero-order valence-corrected chi connectivity index (χ0v) is 10.7. The summed E-state index contributed by atoms with van der Waals surface area (Å²) >= 11 is 0. The minimum Gasteiger partial charge on any atom is -0.464 e. The molecule has 0 atom stereocenters. The van der Waals surface area contributed by atoms with Crippen molar-refractivity contribution in [2.75, 3.05) is 18.1 Å². The molecule has 0 saturated heterocycles. The van der Waals surface area contributed by atoms with E-state index in [1.807, 2.05) is 6.92 Å². The van der Waals surface area contributed by atoms with E-state index in [0.717, 1.165) is 12.8 Å². The van der Waals surface area contributed by atoms with Gasteiger partial charge in [0.15, 0.2) is 11.5 Å². The van der Waals surface area contributed by atoms with E-state index in [9.17, 15) is 4.79 Å². The number of anilines is 2. The van der Waals surface area contributed by atoms with Crippen molar-refractivity contribution in [2.45, 2.75) is 26.3 Å². The van der Waals surface area contributed by atoms with Gasteiger partial charge < -0.3 is 20.8 Å². The number of hydrogen-bond donors (Lipinski definition) is 2. The molecule has 2 aromatic rings. The Hall–Kier alpha value is -2.38. The number of esters is 1. The van der Waals surface area contributed by atoms with Crippen LogP contribution in [0.15, 0.2) is 6.33 Å². The first-order chi connectivity index (χ1) is 9.11. The second-order valence-electron chi connectivity index (χ2n) is 4.09. The number of nitrogens with zero attached hydrogens (tertiary/aromatic N) is 4. The highest BCUT2D eigenvalue weighted by molar-refractivity contribution is 5.83. The first-order valence-corrected chi connectivity index (χ1v) is 6.01. The highest BCUT2D eigenvalue weighted by Gasteiger charge is 2.12. The van der Waals surface area contributed by atoms with Crippen LogP contribution in [0, 0.1) is 0 Å². The van der Waals surface area contributed by atoms with Crippen LogP contribution in [0.1, 0.15) is 19.8 Å². The lowest BCUT2D eigenvalue weighted by Gasteiger charge is -2.05. The second kappa shape index (κ2) is 5.51. The zero-order chi connectivity index (χ0) is 13.8. The molecule has 102 valence electrons. The Bertz CT molecular complexity index is 594. The molecule has 2 rings (SSSR count). The predicted molar refractivity (Wildman–Crippen MR) is 70.0 cm³/mol. The molecule has 8 nitrogen and oxygen atoms in total. The molecule has 0 aliphatic carbocycles. The first-order valence-electron chi connectivity index (χ1n) is 6.01. The maximum Gasteiger partial charge on any atom is 0.326 e. The Morgan fingerprint density at radius 1 is 1.42 bits per heavy atom. The third kappa shape index (κ3) is 2.90. The topological polar surface area (TPSA) is 122 Å². The fourth-order valence-electron chi connectivity index (χ4n) is 1.61. The van der Waals surface area contributed by atoms with E-state index in [1.165, 1.54) is 10.9 Å². The summed E-state index contributed by atoms with van der Waals surface area (Å²) in [5.41, 5.74) is 12.1. The van der Waals surface area contributed by atoms with Gasteiger partial charge >= 0.3 is 5.97 Å². The summed E-state index contributed by atoms with van der Waals surface area (Å²) in [6.07, 6.45) is 3.29. The lowest BCUT2D eigenvalue weighted by Crippen LogP contribution is -2.14. The summed E-state index contributed by atoms with van der Waals surface area (Å²) in [7, 11) is 0. The number of rotatable bonds is 5. The third-order valence-corrected chi connectivity index (χ3v) is 2.57. The normalized spacial score (nSPS) is 10.8. The van der Waals surface area contributed by atoms with Gasteiger partial charge in [0, 0.05) is 0 Å². The largest absolute Gasteiger partial charge is 0.464 e. The minimum absolute atomic E-state index is 0.0239. The molecule has 2 aromatic heterocycles. The van der Waals surface area contributed by atoms with Crippen molar-refractivity contribution in [3.05, 3.63) is 6.33 Å². The summed E-state index contributed by atoms with van der Waals surface area (Å²) < 4.78 is 6.61. The van der Waals surface area contributed by atoms with Crippen molar-refractivity contribution in [3.63, 3.8) is 0 Å². The average Bonchev–Trinajstić information content (AvgIpc) is 2.73. The summed E-state index contributed by atoms with van der Waals surface area (Å²) in [5.74, 6) is -0.102. The van der Waals surface area contributed by atoms with Crippen molar-refractivity contribution >= 4 is 28.9 Å². The Morgan fingerprint density at radius 3 is 2.95 bits per heavy atom. The van der Waals surface area contributed by atoms with Crippen molar-refractivity contribution in [1.29, 1.82) is 0 Å². The molecular weight excluding hydrogens is 248 g/mol. The molecule has 2 heterocycles. The number of hydrogen-bond acceptors (Lipinski definition) is 7. The number of fused-ring (bicyclic) bond motifs is 1. The number of aromatic nitrogens is 4. The standard InChI is InChI=1S/C11H16N6O2/c1-2-3-4-19-7(18)5-17-6-14-8-9(12)15-11(13)16-10(8)17/h6H,2-5H2,1H3,(H4,12,13,15,16). The Balaban J connectivity index is 2.15. The third-order valence-electron chi connectivity index (χ3n) is 2.57. The van der Waals surface area contributed by atoms with Crippen molar-refractivity contribution < 1.29 is 9.53 Å². The number of imidazole rings is 1. The van der Waals surface area contributed by atoms with Gasteiger partial charge in [-0.05, 0) is 6.42 Å². The summed E-state index contributed by atoms with van der Waals surface area (Å²) in [6, 6.07) is 0. The maximum atomic E-state index is 11.6. The monoisotopic (exact) mass is 264 g/mol. The molecule has 0 radical (unpaired) electrons. The Morgan fingerprint density at radius 2 is 2.21 bits per heavy atom. The fraction of sp³-hybridized carbons (Fsp3) is 0.455. The molecule has 8 heteroatoms. The van der Waals surface area contributed by atoms with Crippen LogP contribution < -0.4 is 11.5 Å². The molecule has 0 unspecified atom stereocenters. The average molecular weight is 264 g/mol. The molecule has 0 aromatic carbocycles. The van der Waals surface area contributed by atoms with Crippen LogP contribution in [-0.4, -0.2) is 32.1 Å². The number of nitrogens with two attached hydrogens (primary N) is 2. The first kappa shape index (κ1) is 13.1. The van der Waals surface area contributed by atoms with Gasteiger partial charge in [0.05, 0.1) is 12.9 Å². The van der Waals surface area contributed by atoms with Gasteiger partial charge in [-0.3, -0.25) is 4.79 Å². The SMILES string of the molecule is CCCCOC(=O)Cn1cnc2c(N)nc(N)nc21. The van der Waals surface area contributed by atoms with Gasteiger partial charge in [0.2, 0.25) is 5.95 Å². The van der Waals surface area contributed by atoms with Crippen LogP contribution in [0.3, 0.4) is 0 Å². The lowest BCUT2D eigenvalue weighted by molar-refractivity contribution is -0.144. The molecule has 0 aliphatic rings. The molecular formula is C11H16N6O2. The smallest absolute Gasteiger partial charge is 0.326 e. The van der Waals surface area contributed by atoms with Crippen LogP contribution in [-0.2, 0) is 16.1 Å². The molecule has 0 spiro atoms. The van der Waals surface area contributed by atoms with Crippen LogP contribution in [0.25, 0.3) is 11.2 Å². The molecule has 0 bridgehead atoms. The summed E-state index contributed by atoms with van der Waals surface area (Å²) in [5, 5.41) is 0. The van der Waals surface area contributed by atoms with Crippen LogP contribution in [0.5, 0.6) is 0 Å². The van der Waals surface area contributed by atoms with Gasteiger partial charge in [-0.1, -0.05) is 13.3 Å². The van der Waals surface area contributed by atoms with E-state index in [2.05, 4.69) is 15.0 Å². The highest BCUT2D eigenvalue weighted by atomic mass is 16.5. The summed E-state index contributed by atoms with van der Waals surface area (Å²) in [6.45, 7) is 2.47. The summed E-state index contributed by atoms with van der Waals surface area (Å²) in [4.78, 5) is 23.5. The van der Waals surface area contributed by atoms with Gasteiger partial charge in [0.1, 0.15) is 12.1 Å². The Kier molecular flexibility index (Phi) is 3.79. The van der Waals surface area contributed by atoms with Gasteiger partial charge in [-0.25, -0.2) is 4.98 Å². The molecule has 0 saturated carbocycles. The second-order valence-corrected chi connectivity index (χ2v) is 4.09. The molecule has 19 heavy (non-hydrogen) atoms. The van der Waals surface area contributed by atoms with E-state index in [0.29, 0.717) is 17.8 Å². The van der Waals surface area contributed by atoms with E-state index >= 15 is 0 Å². The number of unbranched alkanes of at least 4 members (excludes halogenated alkanes) is 1. The fourth-order valence-corrected chi connectivity index (χ4v) is 1.61. The quantitative estimate of drug-likeness (QED) is 0.589. The molecule has 0 fully saturated rings. The Labute approximate surface area is 109 Å². The highest BCUT2D eigenvalue weighted by Crippen LogP contribution is 2.16. The number of carbonyl (C=O) groups is 1. The number of carbonyl (C=O) groups excluding carboxylic acids is 1. The van der Waals surface area contributed by atoms with Crippen LogP contribution in [0.4, 0.5) is 11.8 Å². The van der Waals surface area contributed by atoms with Gasteiger partial charge in [0.25, 0.3) is 0 Å². The van der Waals surface area contributed by atoms with Gasteiger partial charge in [-0.15, -0.1) is 0 Å². The predicted octanol–water partition coefficient (Wildman–Crippen LogP) is 0.334. The maximum absolute atomic E-state index is 11.6. The van der Waals surface area contributed by atoms with E-state index in [4.69, 9.17) is 16.2 Å². The minimum atomic E-state index is -0.344. The van der Waals surface area contributed by atoms with E-state index in [1.54, 1.807) is 0 Å². The zero-order valence-electron chi connectivity index (χ0n) is 10.7. The number of ether oxygens (including phenoxy) is 1.